The van der Waals surface area contributed by atoms with Crippen molar-refractivity contribution in [2.75, 3.05) is 6.61 Å². The van der Waals surface area contributed by atoms with Crippen LogP contribution in [-0.2, 0) is 9.53 Å². The molecule has 0 radical (unpaired) electrons. The van der Waals surface area contributed by atoms with Crippen LogP contribution >= 0.6 is 0 Å². The maximum absolute atomic E-state index is 11.7. The maximum Gasteiger partial charge on any atom is 0.408 e. The Labute approximate surface area is 137 Å². The number of alkyl carbamates (subject to hydrolysis) is 1. The van der Waals surface area contributed by atoms with Crippen molar-refractivity contribution < 1.29 is 19.1 Å². The lowest BCUT2D eigenvalue weighted by molar-refractivity contribution is -0.120. The van der Waals surface area contributed by atoms with Crippen molar-refractivity contribution in [3.63, 3.8) is 0 Å². The highest BCUT2D eigenvalue weighted by Crippen LogP contribution is 2.19. The van der Waals surface area contributed by atoms with Crippen LogP contribution in [0.2, 0.25) is 0 Å². The molecule has 0 spiro atoms. The standard InChI is InChI=1S/C17H26N2O4/c1-11-6-7-14(12(2)10-11)22-9-8-13(15(18)20)19-16(21)23-17(3,4)5/h6-7,10,13H,8-9H2,1-5H3,(H2,18,20)(H,19,21)/t13-/m0/s1. The second-order valence-corrected chi connectivity index (χ2v) is 6.51. The fraction of sp³-hybridized carbons (Fsp3) is 0.529. The van der Waals surface area contributed by atoms with Gasteiger partial charge in [-0.15, -0.1) is 0 Å². The molecule has 0 aromatic heterocycles. The molecule has 3 N–H and O–H groups in total. The molecule has 0 fully saturated rings. The molecule has 1 rings (SSSR count). The number of hydrogen-bond donors (Lipinski definition) is 2. The number of ether oxygens (including phenoxy) is 2. The summed E-state index contributed by atoms with van der Waals surface area (Å²) in [5, 5.41) is 2.47. The van der Waals surface area contributed by atoms with Crippen LogP contribution in [0.1, 0.15) is 38.3 Å². The molecule has 0 saturated carbocycles. The SMILES string of the molecule is Cc1ccc(OCC[C@H](NC(=O)OC(C)(C)C)C(N)=O)c(C)c1. The Morgan fingerprint density at radius 2 is 1.91 bits per heavy atom. The van der Waals surface area contributed by atoms with Gasteiger partial charge in [-0.3, -0.25) is 4.79 Å². The minimum Gasteiger partial charge on any atom is -0.493 e. The topological polar surface area (TPSA) is 90.7 Å². The molecule has 23 heavy (non-hydrogen) atoms. The predicted molar refractivity (Wildman–Crippen MR) is 88.4 cm³/mol. The third kappa shape index (κ3) is 7.04. The monoisotopic (exact) mass is 322 g/mol. The zero-order valence-electron chi connectivity index (χ0n) is 14.4. The van der Waals surface area contributed by atoms with E-state index in [-0.39, 0.29) is 13.0 Å². The van der Waals surface area contributed by atoms with Crippen molar-refractivity contribution in [3.8, 4) is 5.75 Å². The molecule has 0 heterocycles. The maximum atomic E-state index is 11.7. The third-order valence-electron chi connectivity index (χ3n) is 3.03. The summed E-state index contributed by atoms with van der Waals surface area (Å²) >= 11 is 0. The summed E-state index contributed by atoms with van der Waals surface area (Å²) in [5.74, 6) is 0.121. The number of primary amides is 1. The summed E-state index contributed by atoms with van der Waals surface area (Å²) in [7, 11) is 0. The van der Waals surface area contributed by atoms with Gasteiger partial charge in [-0.25, -0.2) is 4.79 Å². The number of carbonyl (C=O) groups is 2. The molecule has 6 heteroatoms. The molecule has 1 aromatic carbocycles. The highest BCUT2D eigenvalue weighted by atomic mass is 16.6. The van der Waals surface area contributed by atoms with Crippen molar-refractivity contribution in [1.82, 2.24) is 5.32 Å². The summed E-state index contributed by atoms with van der Waals surface area (Å²) in [5.41, 5.74) is 6.84. The molecule has 0 aliphatic carbocycles. The van der Waals surface area contributed by atoms with Gasteiger partial charge in [-0.2, -0.15) is 0 Å². The first-order valence-corrected chi connectivity index (χ1v) is 7.57. The number of aryl methyl sites for hydroxylation is 2. The van der Waals surface area contributed by atoms with E-state index in [0.717, 1.165) is 16.9 Å². The van der Waals surface area contributed by atoms with E-state index in [4.69, 9.17) is 15.2 Å². The van der Waals surface area contributed by atoms with Crippen LogP contribution < -0.4 is 15.8 Å². The van der Waals surface area contributed by atoms with Gasteiger partial charge in [0.2, 0.25) is 5.91 Å². The molecule has 2 amide bonds. The Morgan fingerprint density at radius 3 is 2.43 bits per heavy atom. The van der Waals surface area contributed by atoms with E-state index in [1.165, 1.54) is 0 Å². The van der Waals surface area contributed by atoms with E-state index in [2.05, 4.69) is 5.32 Å². The lowest BCUT2D eigenvalue weighted by atomic mass is 10.1. The van der Waals surface area contributed by atoms with Crippen molar-refractivity contribution >= 4 is 12.0 Å². The summed E-state index contributed by atoms with van der Waals surface area (Å²) in [6, 6.07) is 5.01. The molecular formula is C17H26N2O4. The Morgan fingerprint density at radius 1 is 1.26 bits per heavy atom. The summed E-state index contributed by atoms with van der Waals surface area (Å²) < 4.78 is 10.8. The van der Waals surface area contributed by atoms with Gasteiger partial charge in [0.25, 0.3) is 0 Å². The highest BCUT2D eigenvalue weighted by Gasteiger charge is 2.22. The van der Waals surface area contributed by atoms with Crippen LogP contribution in [0.3, 0.4) is 0 Å². The van der Waals surface area contributed by atoms with E-state index in [9.17, 15) is 9.59 Å². The van der Waals surface area contributed by atoms with Gasteiger partial charge in [-0.05, 0) is 46.2 Å². The molecule has 1 atom stereocenters. The molecule has 6 nitrogen and oxygen atoms in total. The van der Waals surface area contributed by atoms with Crippen molar-refractivity contribution in [2.45, 2.75) is 52.7 Å². The lowest BCUT2D eigenvalue weighted by Crippen LogP contribution is -2.47. The molecule has 0 saturated heterocycles. The lowest BCUT2D eigenvalue weighted by Gasteiger charge is -2.22. The molecule has 0 unspecified atom stereocenters. The quantitative estimate of drug-likeness (QED) is 0.841. The average molecular weight is 322 g/mol. The van der Waals surface area contributed by atoms with Crippen LogP contribution in [0.25, 0.3) is 0 Å². The highest BCUT2D eigenvalue weighted by molar-refractivity contribution is 5.84. The minimum atomic E-state index is -0.837. The number of rotatable bonds is 6. The molecule has 0 aliphatic heterocycles. The van der Waals surface area contributed by atoms with E-state index >= 15 is 0 Å². The first kappa shape index (κ1) is 18.8. The smallest absolute Gasteiger partial charge is 0.408 e. The predicted octanol–water partition coefficient (Wildman–Crippen LogP) is 2.45. The average Bonchev–Trinajstić information content (AvgIpc) is 2.37. The number of benzene rings is 1. The fourth-order valence-electron chi connectivity index (χ4n) is 1.98. The second-order valence-electron chi connectivity index (χ2n) is 6.51. The van der Waals surface area contributed by atoms with Gasteiger partial charge in [0.05, 0.1) is 6.61 Å². The second kappa shape index (κ2) is 7.85. The molecule has 128 valence electrons. The molecular weight excluding hydrogens is 296 g/mol. The van der Waals surface area contributed by atoms with E-state index in [1.54, 1.807) is 20.8 Å². The number of nitrogens with one attached hydrogen (secondary N) is 1. The largest absolute Gasteiger partial charge is 0.493 e. The number of carbonyl (C=O) groups excluding carboxylic acids is 2. The van der Waals surface area contributed by atoms with Gasteiger partial charge in [-0.1, -0.05) is 17.7 Å². The minimum absolute atomic E-state index is 0.257. The number of hydrogen-bond acceptors (Lipinski definition) is 4. The van der Waals surface area contributed by atoms with E-state index < -0.39 is 23.6 Å². The van der Waals surface area contributed by atoms with E-state index in [0.29, 0.717) is 0 Å². The zero-order chi connectivity index (χ0) is 17.6. The normalized spacial score (nSPS) is 12.4. The third-order valence-corrected chi connectivity index (χ3v) is 3.03. The molecule has 0 aliphatic rings. The Bertz CT molecular complexity index is 564. The van der Waals surface area contributed by atoms with Crippen molar-refractivity contribution in [3.05, 3.63) is 29.3 Å². The number of amides is 2. The van der Waals surface area contributed by atoms with Crippen LogP contribution in [0.5, 0.6) is 5.75 Å². The van der Waals surface area contributed by atoms with Crippen LogP contribution in [0, 0.1) is 13.8 Å². The van der Waals surface area contributed by atoms with Crippen molar-refractivity contribution in [1.29, 1.82) is 0 Å². The van der Waals surface area contributed by atoms with Gasteiger partial charge in [0, 0.05) is 6.42 Å². The molecule has 0 bridgehead atoms. The summed E-state index contributed by atoms with van der Waals surface area (Å²) in [6.45, 7) is 9.45. The van der Waals surface area contributed by atoms with Crippen molar-refractivity contribution in [2.24, 2.45) is 5.73 Å². The van der Waals surface area contributed by atoms with Gasteiger partial charge >= 0.3 is 6.09 Å². The van der Waals surface area contributed by atoms with Crippen LogP contribution in [-0.4, -0.2) is 30.3 Å². The zero-order valence-corrected chi connectivity index (χ0v) is 14.4. The Hall–Kier alpha value is -2.24. The van der Waals surface area contributed by atoms with Gasteiger partial charge in [0.1, 0.15) is 17.4 Å². The van der Waals surface area contributed by atoms with E-state index in [1.807, 2.05) is 32.0 Å². The first-order chi connectivity index (χ1) is 10.6. The fourth-order valence-corrected chi connectivity index (χ4v) is 1.98. The van der Waals surface area contributed by atoms with Gasteiger partial charge in [0.15, 0.2) is 0 Å². The van der Waals surface area contributed by atoms with Gasteiger partial charge < -0.3 is 20.5 Å². The Balaban J connectivity index is 2.53. The Kier molecular flexibility index (Phi) is 6.42. The summed E-state index contributed by atoms with van der Waals surface area (Å²) in [4.78, 5) is 23.2. The van der Waals surface area contributed by atoms with Crippen LogP contribution in [0.4, 0.5) is 4.79 Å². The first-order valence-electron chi connectivity index (χ1n) is 7.57. The number of nitrogens with two attached hydrogens (primary N) is 1. The molecule has 1 aromatic rings. The summed E-state index contributed by atoms with van der Waals surface area (Å²) in [6.07, 6.45) is -0.408. The van der Waals surface area contributed by atoms with Crippen LogP contribution in [0.15, 0.2) is 18.2 Å².